The highest BCUT2D eigenvalue weighted by Crippen LogP contribution is 2.12. The zero-order chi connectivity index (χ0) is 12.0. The monoisotopic (exact) mass is 227 g/mol. The molecule has 0 spiro atoms. The maximum absolute atomic E-state index is 12.9. The summed E-state index contributed by atoms with van der Waals surface area (Å²) in [5, 5.41) is 3.31. The van der Waals surface area contributed by atoms with Crippen LogP contribution >= 0.6 is 0 Å². The second-order valence-corrected chi connectivity index (χ2v) is 4.26. The average molecular weight is 227 g/mol. The molecule has 3 heteroatoms. The first-order chi connectivity index (χ1) is 7.63. The van der Waals surface area contributed by atoms with Crippen LogP contribution in [0, 0.1) is 17.6 Å². The Morgan fingerprint density at radius 1 is 1.25 bits per heavy atom. The minimum absolute atomic E-state index is 0.427. The van der Waals surface area contributed by atoms with Crippen LogP contribution in [-0.4, -0.2) is 13.1 Å². The fraction of sp³-hybridized carbons (Fsp3) is 0.538. The highest BCUT2D eigenvalue weighted by Gasteiger charge is 2.06. The van der Waals surface area contributed by atoms with E-state index in [4.69, 9.17) is 0 Å². The van der Waals surface area contributed by atoms with Gasteiger partial charge < -0.3 is 5.32 Å². The summed E-state index contributed by atoms with van der Waals surface area (Å²) in [6, 6.07) is 4.12. The van der Waals surface area contributed by atoms with Crippen LogP contribution in [0.25, 0.3) is 0 Å². The van der Waals surface area contributed by atoms with Gasteiger partial charge in [0.05, 0.1) is 0 Å². The van der Waals surface area contributed by atoms with Crippen LogP contribution in [0.15, 0.2) is 18.2 Å². The topological polar surface area (TPSA) is 12.0 Å². The highest BCUT2D eigenvalue weighted by molar-refractivity contribution is 5.18. The molecular weight excluding hydrogens is 208 g/mol. The van der Waals surface area contributed by atoms with E-state index < -0.39 is 11.6 Å². The van der Waals surface area contributed by atoms with E-state index in [1.807, 2.05) is 0 Å². The quantitative estimate of drug-likeness (QED) is 0.736. The smallest absolute Gasteiger partial charge is 0.159 e. The van der Waals surface area contributed by atoms with Crippen molar-refractivity contribution < 1.29 is 8.78 Å². The van der Waals surface area contributed by atoms with Crippen molar-refractivity contribution in [2.45, 2.75) is 26.7 Å². The zero-order valence-electron chi connectivity index (χ0n) is 9.89. The molecule has 1 nitrogen and oxygen atoms in total. The van der Waals surface area contributed by atoms with Gasteiger partial charge in [-0.3, -0.25) is 0 Å². The molecule has 0 aliphatic carbocycles. The van der Waals surface area contributed by atoms with E-state index in [1.165, 1.54) is 12.1 Å². The molecule has 0 bridgehead atoms. The highest BCUT2D eigenvalue weighted by atomic mass is 19.2. The number of hydrogen-bond acceptors (Lipinski definition) is 1. The predicted octanol–water partition coefficient (Wildman–Crippen LogP) is 3.14. The first-order valence-electron chi connectivity index (χ1n) is 5.78. The molecule has 0 saturated heterocycles. The summed E-state index contributed by atoms with van der Waals surface area (Å²) in [5.41, 5.74) is 0.852. The van der Waals surface area contributed by atoms with Crippen molar-refractivity contribution in [1.82, 2.24) is 5.32 Å². The summed E-state index contributed by atoms with van der Waals surface area (Å²) in [5.74, 6) is -1.11. The second-order valence-electron chi connectivity index (χ2n) is 4.26. The zero-order valence-corrected chi connectivity index (χ0v) is 9.89. The molecule has 90 valence electrons. The molecule has 0 aliphatic rings. The van der Waals surface area contributed by atoms with Gasteiger partial charge in [-0.1, -0.05) is 19.9 Å². The summed E-state index contributed by atoms with van der Waals surface area (Å²) >= 11 is 0. The molecule has 1 unspecified atom stereocenters. The molecule has 0 saturated carbocycles. The number of nitrogens with one attached hydrogen (secondary N) is 1. The molecule has 0 radical (unpaired) electrons. The number of benzene rings is 1. The van der Waals surface area contributed by atoms with Gasteiger partial charge in [0, 0.05) is 0 Å². The number of hydrogen-bond donors (Lipinski definition) is 1. The van der Waals surface area contributed by atoms with Crippen molar-refractivity contribution in [2.75, 3.05) is 13.1 Å². The van der Waals surface area contributed by atoms with Crippen LogP contribution < -0.4 is 5.32 Å². The van der Waals surface area contributed by atoms with Crippen LogP contribution in [0.1, 0.15) is 25.8 Å². The van der Waals surface area contributed by atoms with Crippen LogP contribution in [0.5, 0.6) is 0 Å². The van der Waals surface area contributed by atoms with Gasteiger partial charge in [0.25, 0.3) is 0 Å². The van der Waals surface area contributed by atoms with Crippen molar-refractivity contribution in [1.29, 1.82) is 0 Å². The number of halogens is 2. The first-order valence-corrected chi connectivity index (χ1v) is 5.78. The van der Waals surface area contributed by atoms with E-state index in [1.54, 1.807) is 6.07 Å². The summed E-state index contributed by atoms with van der Waals surface area (Å²) in [7, 11) is 0. The van der Waals surface area contributed by atoms with Gasteiger partial charge in [-0.15, -0.1) is 0 Å². The Kier molecular flexibility index (Phi) is 5.39. The molecular formula is C13H19F2N. The minimum atomic E-state index is -0.777. The SMILES string of the molecule is CCCNCC(C)Cc1ccc(F)c(F)c1. The maximum Gasteiger partial charge on any atom is 0.159 e. The molecule has 16 heavy (non-hydrogen) atoms. The van der Waals surface area contributed by atoms with Crippen LogP contribution in [0.3, 0.4) is 0 Å². The van der Waals surface area contributed by atoms with Gasteiger partial charge in [0.1, 0.15) is 0 Å². The van der Waals surface area contributed by atoms with Gasteiger partial charge in [-0.2, -0.15) is 0 Å². The van der Waals surface area contributed by atoms with Gasteiger partial charge in [0.2, 0.25) is 0 Å². The van der Waals surface area contributed by atoms with Gasteiger partial charge >= 0.3 is 0 Å². The van der Waals surface area contributed by atoms with Crippen LogP contribution in [0.4, 0.5) is 8.78 Å². The third-order valence-electron chi connectivity index (χ3n) is 2.49. The van der Waals surface area contributed by atoms with Crippen molar-refractivity contribution in [2.24, 2.45) is 5.92 Å². The Labute approximate surface area is 95.9 Å². The van der Waals surface area contributed by atoms with Crippen molar-refractivity contribution in [3.05, 3.63) is 35.4 Å². The molecule has 0 heterocycles. The van der Waals surface area contributed by atoms with E-state index >= 15 is 0 Å². The second kappa shape index (κ2) is 6.59. The lowest BCUT2D eigenvalue weighted by Crippen LogP contribution is -2.23. The Bertz CT molecular complexity index is 326. The Hall–Kier alpha value is -0.960. The van der Waals surface area contributed by atoms with Crippen molar-refractivity contribution in [3.63, 3.8) is 0 Å². The lowest BCUT2D eigenvalue weighted by Gasteiger charge is -2.12. The normalized spacial score (nSPS) is 12.8. The van der Waals surface area contributed by atoms with Gasteiger partial charge in [-0.05, 0) is 49.5 Å². The Morgan fingerprint density at radius 2 is 2.00 bits per heavy atom. The lowest BCUT2D eigenvalue weighted by atomic mass is 10.0. The van der Waals surface area contributed by atoms with E-state index in [0.717, 1.165) is 31.5 Å². The van der Waals surface area contributed by atoms with Crippen molar-refractivity contribution in [3.8, 4) is 0 Å². The number of rotatable bonds is 6. The molecule has 1 rings (SSSR count). The van der Waals surface area contributed by atoms with Gasteiger partial charge in [-0.25, -0.2) is 8.78 Å². The van der Waals surface area contributed by atoms with Crippen LogP contribution in [0.2, 0.25) is 0 Å². The van der Waals surface area contributed by atoms with Gasteiger partial charge in [0.15, 0.2) is 11.6 Å². The standard InChI is InChI=1S/C13H19F2N/c1-3-6-16-9-10(2)7-11-4-5-12(14)13(15)8-11/h4-5,8,10,16H,3,6-7,9H2,1-2H3. The van der Waals surface area contributed by atoms with Crippen LogP contribution in [-0.2, 0) is 6.42 Å². The molecule has 0 amide bonds. The molecule has 1 atom stereocenters. The van der Waals surface area contributed by atoms with E-state index in [9.17, 15) is 8.78 Å². The van der Waals surface area contributed by atoms with E-state index in [0.29, 0.717) is 5.92 Å². The fourth-order valence-electron chi connectivity index (χ4n) is 1.67. The maximum atomic E-state index is 12.9. The summed E-state index contributed by atoms with van der Waals surface area (Å²) < 4.78 is 25.6. The molecule has 0 aliphatic heterocycles. The lowest BCUT2D eigenvalue weighted by molar-refractivity contribution is 0.494. The fourth-order valence-corrected chi connectivity index (χ4v) is 1.67. The van der Waals surface area contributed by atoms with Crippen molar-refractivity contribution >= 4 is 0 Å². The van der Waals surface area contributed by atoms with E-state index in [-0.39, 0.29) is 0 Å². The first kappa shape index (κ1) is 13.1. The molecule has 1 N–H and O–H groups in total. The molecule has 1 aromatic rings. The van der Waals surface area contributed by atoms with E-state index in [2.05, 4.69) is 19.2 Å². The summed E-state index contributed by atoms with van der Waals surface area (Å²) in [6.45, 7) is 6.13. The molecule has 1 aromatic carbocycles. The molecule has 0 fully saturated rings. The average Bonchev–Trinajstić information content (AvgIpc) is 2.24. The Morgan fingerprint density at radius 3 is 2.62 bits per heavy atom. The third kappa shape index (κ3) is 4.27. The summed E-state index contributed by atoms with van der Waals surface area (Å²) in [6.07, 6.45) is 1.88. The Balaban J connectivity index is 2.43. The largest absolute Gasteiger partial charge is 0.316 e. The minimum Gasteiger partial charge on any atom is -0.316 e. The third-order valence-corrected chi connectivity index (χ3v) is 2.49. The predicted molar refractivity (Wildman–Crippen MR) is 62.4 cm³/mol. The summed E-state index contributed by atoms with van der Waals surface area (Å²) in [4.78, 5) is 0. The molecule has 0 aromatic heterocycles.